The maximum absolute atomic E-state index is 11.8. The second-order valence-electron chi connectivity index (χ2n) is 6.36. The van der Waals surface area contributed by atoms with Crippen molar-refractivity contribution in [2.75, 3.05) is 6.54 Å². The molecular formula is C15H29N3O2. The summed E-state index contributed by atoms with van der Waals surface area (Å²) in [5.74, 6) is -0.0307. The van der Waals surface area contributed by atoms with Gasteiger partial charge in [-0.2, -0.15) is 0 Å². The third-order valence-electron chi connectivity index (χ3n) is 4.11. The molecule has 0 aliphatic heterocycles. The fraction of sp³-hybridized carbons (Fsp3) is 0.867. The van der Waals surface area contributed by atoms with Crippen LogP contribution in [0.25, 0.3) is 0 Å². The van der Waals surface area contributed by atoms with E-state index in [1.54, 1.807) is 0 Å². The van der Waals surface area contributed by atoms with Crippen LogP contribution in [0.3, 0.4) is 0 Å². The monoisotopic (exact) mass is 283 g/mol. The summed E-state index contributed by atoms with van der Waals surface area (Å²) >= 11 is 0. The molecule has 0 radical (unpaired) electrons. The van der Waals surface area contributed by atoms with E-state index in [0.717, 1.165) is 13.0 Å². The van der Waals surface area contributed by atoms with Crippen LogP contribution in [0.15, 0.2) is 0 Å². The van der Waals surface area contributed by atoms with E-state index < -0.39 is 0 Å². The number of amides is 3. The van der Waals surface area contributed by atoms with Gasteiger partial charge in [-0.1, -0.05) is 13.3 Å². The molecule has 0 unspecified atom stereocenters. The summed E-state index contributed by atoms with van der Waals surface area (Å²) in [5.41, 5.74) is 0.315. The Morgan fingerprint density at radius 1 is 1.15 bits per heavy atom. The van der Waals surface area contributed by atoms with Crippen molar-refractivity contribution in [2.45, 2.75) is 71.9 Å². The number of nitrogens with one attached hydrogen (secondary N) is 3. The van der Waals surface area contributed by atoms with Crippen molar-refractivity contribution >= 4 is 11.9 Å². The van der Waals surface area contributed by atoms with E-state index in [0.29, 0.717) is 11.8 Å². The average molecular weight is 283 g/mol. The highest BCUT2D eigenvalue weighted by Crippen LogP contribution is 2.42. The van der Waals surface area contributed by atoms with Crippen molar-refractivity contribution in [2.24, 2.45) is 5.41 Å². The molecule has 1 aliphatic carbocycles. The first-order valence-electron chi connectivity index (χ1n) is 7.70. The Hall–Kier alpha value is -1.26. The average Bonchev–Trinajstić information content (AvgIpc) is 2.26. The van der Waals surface area contributed by atoms with E-state index in [9.17, 15) is 9.59 Å². The Labute approximate surface area is 122 Å². The van der Waals surface area contributed by atoms with Crippen LogP contribution in [-0.4, -0.2) is 30.6 Å². The lowest BCUT2D eigenvalue weighted by atomic mass is 9.67. The third-order valence-corrected chi connectivity index (χ3v) is 4.11. The minimum absolute atomic E-state index is 0.0307. The van der Waals surface area contributed by atoms with E-state index in [4.69, 9.17) is 0 Å². The summed E-state index contributed by atoms with van der Waals surface area (Å²) in [6, 6.07) is -0.200. The first kappa shape index (κ1) is 16.8. The third kappa shape index (κ3) is 5.39. The largest absolute Gasteiger partial charge is 0.354 e. The van der Waals surface area contributed by atoms with Crippen LogP contribution in [0.5, 0.6) is 0 Å². The van der Waals surface area contributed by atoms with Gasteiger partial charge in [0, 0.05) is 25.0 Å². The quantitative estimate of drug-likeness (QED) is 0.670. The van der Waals surface area contributed by atoms with Crippen molar-refractivity contribution in [3.8, 4) is 0 Å². The van der Waals surface area contributed by atoms with Crippen molar-refractivity contribution in [1.82, 2.24) is 16.0 Å². The molecule has 0 aromatic carbocycles. The standard InChI is InChI=1S/C15H29N3O2/c1-5-15(7-6-8-15)10-16-14(20)18-12(4)9-13(19)17-11(2)3/h11-12H,5-10H2,1-4H3,(H,17,19)(H2,16,18,20)/t12-/m1/s1. The molecule has 0 aromatic rings. The van der Waals surface area contributed by atoms with Gasteiger partial charge in [-0.3, -0.25) is 4.79 Å². The van der Waals surface area contributed by atoms with Crippen LogP contribution in [0.1, 0.15) is 59.8 Å². The Morgan fingerprint density at radius 2 is 1.80 bits per heavy atom. The second kappa shape index (κ2) is 7.50. The molecule has 0 bridgehead atoms. The molecule has 1 saturated carbocycles. The van der Waals surface area contributed by atoms with Crippen molar-refractivity contribution in [3.63, 3.8) is 0 Å². The van der Waals surface area contributed by atoms with Gasteiger partial charge < -0.3 is 16.0 Å². The van der Waals surface area contributed by atoms with Gasteiger partial charge in [0.2, 0.25) is 5.91 Å². The topological polar surface area (TPSA) is 70.2 Å². The van der Waals surface area contributed by atoms with Gasteiger partial charge in [0.05, 0.1) is 0 Å². The van der Waals surface area contributed by atoms with Gasteiger partial charge in [-0.15, -0.1) is 0 Å². The van der Waals surface area contributed by atoms with E-state index in [2.05, 4.69) is 22.9 Å². The summed E-state index contributed by atoms with van der Waals surface area (Å²) in [6.45, 7) is 8.60. The summed E-state index contributed by atoms with van der Waals surface area (Å²) in [4.78, 5) is 23.4. The number of carbonyl (C=O) groups is 2. The van der Waals surface area contributed by atoms with E-state index in [-0.39, 0.29) is 24.0 Å². The Balaban J connectivity index is 2.22. The van der Waals surface area contributed by atoms with Gasteiger partial charge in [-0.05, 0) is 45.4 Å². The maximum atomic E-state index is 11.8. The van der Waals surface area contributed by atoms with Crippen molar-refractivity contribution in [1.29, 1.82) is 0 Å². The second-order valence-corrected chi connectivity index (χ2v) is 6.36. The first-order chi connectivity index (χ1) is 9.37. The van der Waals surface area contributed by atoms with E-state index in [1.807, 2.05) is 20.8 Å². The van der Waals surface area contributed by atoms with Gasteiger partial charge in [0.15, 0.2) is 0 Å². The number of urea groups is 1. The molecule has 0 heterocycles. The summed E-state index contributed by atoms with van der Waals surface area (Å²) in [5, 5.41) is 8.58. The highest BCUT2D eigenvalue weighted by atomic mass is 16.2. The summed E-state index contributed by atoms with van der Waals surface area (Å²) in [7, 11) is 0. The fourth-order valence-electron chi connectivity index (χ4n) is 2.58. The van der Waals surface area contributed by atoms with Crippen molar-refractivity contribution in [3.05, 3.63) is 0 Å². The number of rotatable bonds is 7. The van der Waals surface area contributed by atoms with Crippen LogP contribution in [0.2, 0.25) is 0 Å². The van der Waals surface area contributed by atoms with Crippen LogP contribution in [-0.2, 0) is 4.79 Å². The van der Waals surface area contributed by atoms with Crippen LogP contribution in [0, 0.1) is 5.41 Å². The lowest BCUT2D eigenvalue weighted by Gasteiger charge is -2.41. The molecule has 1 atom stereocenters. The zero-order valence-electron chi connectivity index (χ0n) is 13.2. The molecule has 0 saturated heterocycles. The molecule has 116 valence electrons. The lowest BCUT2D eigenvalue weighted by molar-refractivity contribution is -0.121. The Morgan fingerprint density at radius 3 is 2.25 bits per heavy atom. The van der Waals surface area contributed by atoms with Gasteiger partial charge in [-0.25, -0.2) is 4.79 Å². The van der Waals surface area contributed by atoms with E-state index in [1.165, 1.54) is 19.3 Å². The molecule has 1 fully saturated rings. The van der Waals surface area contributed by atoms with E-state index >= 15 is 0 Å². The van der Waals surface area contributed by atoms with Gasteiger partial charge in [0.1, 0.15) is 0 Å². The minimum Gasteiger partial charge on any atom is -0.354 e. The number of hydrogen-bond donors (Lipinski definition) is 3. The fourth-order valence-corrected chi connectivity index (χ4v) is 2.58. The molecule has 0 spiro atoms. The Kier molecular flexibility index (Phi) is 6.30. The highest BCUT2D eigenvalue weighted by molar-refractivity contribution is 5.79. The predicted octanol–water partition coefficient (Wildman–Crippen LogP) is 2.17. The zero-order chi connectivity index (χ0) is 15.2. The molecule has 1 rings (SSSR count). The smallest absolute Gasteiger partial charge is 0.315 e. The number of hydrogen-bond acceptors (Lipinski definition) is 2. The van der Waals surface area contributed by atoms with Crippen LogP contribution >= 0.6 is 0 Å². The van der Waals surface area contributed by atoms with Gasteiger partial charge >= 0.3 is 6.03 Å². The molecule has 0 aromatic heterocycles. The van der Waals surface area contributed by atoms with Crippen LogP contribution in [0.4, 0.5) is 4.79 Å². The normalized spacial score (nSPS) is 18.1. The molecule has 20 heavy (non-hydrogen) atoms. The minimum atomic E-state index is -0.172. The molecule has 3 N–H and O–H groups in total. The maximum Gasteiger partial charge on any atom is 0.315 e. The molecule has 3 amide bonds. The van der Waals surface area contributed by atoms with Crippen LogP contribution < -0.4 is 16.0 Å². The molecule has 1 aliphatic rings. The lowest BCUT2D eigenvalue weighted by Crippen LogP contribution is -2.48. The van der Waals surface area contributed by atoms with Gasteiger partial charge in [0.25, 0.3) is 0 Å². The first-order valence-corrected chi connectivity index (χ1v) is 7.70. The van der Waals surface area contributed by atoms with Crippen molar-refractivity contribution < 1.29 is 9.59 Å². The SMILES string of the molecule is CCC1(CNC(=O)N[C@H](C)CC(=O)NC(C)C)CCC1. The summed E-state index contributed by atoms with van der Waals surface area (Å²) in [6.07, 6.45) is 5.10. The molecule has 5 nitrogen and oxygen atoms in total. The summed E-state index contributed by atoms with van der Waals surface area (Å²) < 4.78 is 0. The highest BCUT2D eigenvalue weighted by Gasteiger charge is 2.35. The zero-order valence-corrected chi connectivity index (χ0v) is 13.2. The molecular weight excluding hydrogens is 254 g/mol. The molecule has 5 heteroatoms. The predicted molar refractivity (Wildman–Crippen MR) is 80.5 cm³/mol. The number of carbonyl (C=O) groups excluding carboxylic acids is 2. The Bertz CT molecular complexity index is 333.